The first kappa shape index (κ1) is 10.9. The van der Waals surface area contributed by atoms with Crippen LogP contribution in [0.2, 0.25) is 0 Å². The zero-order chi connectivity index (χ0) is 10.6. The minimum absolute atomic E-state index is 0.0237. The molecule has 0 aliphatic carbocycles. The van der Waals surface area contributed by atoms with Crippen LogP contribution in [0.4, 0.5) is 8.78 Å². The summed E-state index contributed by atoms with van der Waals surface area (Å²) in [4.78, 5) is 0. The third kappa shape index (κ3) is 2.20. The lowest BCUT2D eigenvalue weighted by atomic mass is 10.1. The predicted octanol–water partition coefficient (Wildman–Crippen LogP) is 2.35. The van der Waals surface area contributed by atoms with Crippen molar-refractivity contribution < 1.29 is 13.5 Å². The van der Waals surface area contributed by atoms with E-state index < -0.39 is 6.43 Å². The standard InChI is InChI=1S/C10H13F2NO/c1-13-6-7-4-3-5-8(14-2)9(7)10(11)12/h3-5,10,13H,6H2,1-2H3. The molecule has 14 heavy (non-hydrogen) atoms. The van der Waals surface area contributed by atoms with Crippen LogP contribution in [0.15, 0.2) is 18.2 Å². The molecule has 1 aromatic carbocycles. The quantitative estimate of drug-likeness (QED) is 0.807. The van der Waals surface area contributed by atoms with Gasteiger partial charge in [0.15, 0.2) is 0 Å². The Balaban J connectivity index is 3.14. The van der Waals surface area contributed by atoms with E-state index in [2.05, 4.69) is 5.32 Å². The van der Waals surface area contributed by atoms with Crippen LogP contribution >= 0.6 is 0 Å². The molecular formula is C10H13F2NO. The van der Waals surface area contributed by atoms with Crippen LogP contribution in [-0.4, -0.2) is 14.2 Å². The molecule has 0 aliphatic rings. The van der Waals surface area contributed by atoms with Crippen molar-refractivity contribution >= 4 is 0 Å². The number of hydrogen-bond donors (Lipinski definition) is 1. The topological polar surface area (TPSA) is 21.3 Å². The highest BCUT2D eigenvalue weighted by atomic mass is 19.3. The number of hydrogen-bond acceptors (Lipinski definition) is 2. The lowest BCUT2D eigenvalue weighted by Crippen LogP contribution is -2.08. The Hall–Kier alpha value is -1.16. The fraction of sp³-hybridized carbons (Fsp3) is 0.400. The molecule has 0 bridgehead atoms. The van der Waals surface area contributed by atoms with E-state index in [4.69, 9.17) is 4.74 Å². The maximum atomic E-state index is 12.7. The van der Waals surface area contributed by atoms with E-state index >= 15 is 0 Å². The monoisotopic (exact) mass is 201 g/mol. The highest BCUT2D eigenvalue weighted by Crippen LogP contribution is 2.31. The van der Waals surface area contributed by atoms with Gasteiger partial charge in [-0.2, -0.15) is 0 Å². The number of halogens is 2. The Morgan fingerprint density at radius 1 is 1.43 bits per heavy atom. The van der Waals surface area contributed by atoms with Crippen LogP contribution in [-0.2, 0) is 6.54 Å². The Labute approximate surface area is 81.9 Å². The van der Waals surface area contributed by atoms with Crippen molar-refractivity contribution in [1.82, 2.24) is 5.32 Å². The first-order valence-corrected chi connectivity index (χ1v) is 4.29. The molecule has 0 fully saturated rings. The average Bonchev–Trinajstić information content (AvgIpc) is 2.17. The van der Waals surface area contributed by atoms with Crippen molar-refractivity contribution in [2.45, 2.75) is 13.0 Å². The summed E-state index contributed by atoms with van der Waals surface area (Å²) in [5.74, 6) is 0.243. The molecule has 78 valence electrons. The van der Waals surface area contributed by atoms with Gasteiger partial charge in [-0.05, 0) is 18.7 Å². The van der Waals surface area contributed by atoms with Crippen LogP contribution in [0, 0.1) is 0 Å². The van der Waals surface area contributed by atoms with Crippen LogP contribution in [0.3, 0.4) is 0 Å². The van der Waals surface area contributed by atoms with E-state index in [0.29, 0.717) is 12.1 Å². The maximum absolute atomic E-state index is 12.7. The molecule has 0 atom stereocenters. The van der Waals surface area contributed by atoms with Gasteiger partial charge >= 0.3 is 0 Å². The van der Waals surface area contributed by atoms with Gasteiger partial charge in [-0.15, -0.1) is 0 Å². The molecule has 0 saturated heterocycles. The molecule has 0 saturated carbocycles. The summed E-state index contributed by atoms with van der Waals surface area (Å²) in [6, 6.07) is 4.92. The van der Waals surface area contributed by atoms with E-state index in [0.717, 1.165) is 0 Å². The Bertz CT molecular complexity index is 302. The minimum atomic E-state index is -2.51. The van der Waals surface area contributed by atoms with Crippen LogP contribution in [0.25, 0.3) is 0 Å². The second-order valence-electron chi connectivity index (χ2n) is 2.86. The van der Waals surface area contributed by atoms with Crippen molar-refractivity contribution in [1.29, 1.82) is 0 Å². The van der Waals surface area contributed by atoms with Gasteiger partial charge in [-0.1, -0.05) is 12.1 Å². The largest absolute Gasteiger partial charge is 0.496 e. The predicted molar refractivity (Wildman–Crippen MR) is 50.7 cm³/mol. The molecule has 0 unspecified atom stereocenters. The lowest BCUT2D eigenvalue weighted by Gasteiger charge is -2.12. The van der Waals surface area contributed by atoms with Gasteiger partial charge in [-0.25, -0.2) is 8.78 Å². The van der Waals surface area contributed by atoms with Gasteiger partial charge in [0.25, 0.3) is 6.43 Å². The second kappa shape index (κ2) is 4.91. The summed E-state index contributed by atoms with van der Waals surface area (Å²) >= 11 is 0. The van der Waals surface area contributed by atoms with E-state index in [1.807, 2.05) is 0 Å². The van der Waals surface area contributed by atoms with E-state index in [-0.39, 0.29) is 11.3 Å². The molecule has 4 heteroatoms. The second-order valence-corrected chi connectivity index (χ2v) is 2.86. The summed E-state index contributed by atoms with van der Waals surface area (Å²) in [6.07, 6.45) is -2.51. The summed E-state index contributed by atoms with van der Waals surface area (Å²) in [5, 5.41) is 2.84. The number of alkyl halides is 2. The third-order valence-electron chi connectivity index (χ3n) is 1.96. The third-order valence-corrected chi connectivity index (χ3v) is 1.96. The first-order chi connectivity index (χ1) is 6.70. The van der Waals surface area contributed by atoms with Crippen molar-refractivity contribution in [3.8, 4) is 5.75 Å². The van der Waals surface area contributed by atoms with Gasteiger partial charge in [0.1, 0.15) is 5.75 Å². The molecular weight excluding hydrogens is 188 g/mol. The molecule has 1 aromatic rings. The summed E-state index contributed by atoms with van der Waals surface area (Å²) in [5.41, 5.74) is 0.547. The smallest absolute Gasteiger partial charge is 0.267 e. The molecule has 2 nitrogen and oxygen atoms in total. The van der Waals surface area contributed by atoms with Crippen LogP contribution in [0.1, 0.15) is 17.6 Å². The van der Waals surface area contributed by atoms with Crippen molar-refractivity contribution in [3.05, 3.63) is 29.3 Å². The van der Waals surface area contributed by atoms with Gasteiger partial charge < -0.3 is 10.1 Å². The van der Waals surface area contributed by atoms with Gasteiger partial charge in [0.2, 0.25) is 0 Å². The number of nitrogens with one attached hydrogen (secondary N) is 1. The Morgan fingerprint density at radius 2 is 2.14 bits per heavy atom. The van der Waals surface area contributed by atoms with Crippen LogP contribution in [0.5, 0.6) is 5.75 Å². The lowest BCUT2D eigenvalue weighted by molar-refractivity contribution is 0.145. The van der Waals surface area contributed by atoms with E-state index in [1.54, 1.807) is 25.2 Å². The summed E-state index contributed by atoms with van der Waals surface area (Å²) < 4.78 is 30.3. The summed E-state index contributed by atoms with van der Waals surface area (Å²) in [6.45, 7) is 0.414. The van der Waals surface area contributed by atoms with Gasteiger partial charge in [0.05, 0.1) is 12.7 Å². The molecule has 0 aromatic heterocycles. The Morgan fingerprint density at radius 3 is 2.64 bits per heavy atom. The fourth-order valence-electron chi connectivity index (χ4n) is 1.36. The minimum Gasteiger partial charge on any atom is -0.496 e. The summed E-state index contributed by atoms with van der Waals surface area (Å²) in [7, 11) is 3.11. The van der Waals surface area contributed by atoms with Gasteiger partial charge in [0, 0.05) is 6.54 Å². The van der Waals surface area contributed by atoms with Crippen LogP contribution < -0.4 is 10.1 Å². The van der Waals surface area contributed by atoms with Gasteiger partial charge in [-0.3, -0.25) is 0 Å². The van der Waals surface area contributed by atoms with E-state index in [1.165, 1.54) is 7.11 Å². The number of methoxy groups -OCH3 is 1. The molecule has 1 rings (SSSR count). The molecule has 1 N–H and O–H groups in total. The van der Waals surface area contributed by atoms with Crippen molar-refractivity contribution in [2.24, 2.45) is 0 Å². The normalized spacial score (nSPS) is 10.6. The highest BCUT2D eigenvalue weighted by Gasteiger charge is 2.17. The molecule has 0 spiro atoms. The average molecular weight is 201 g/mol. The SMILES string of the molecule is CNCc1cccc(OC)c1C(F)F. The molecule has 0 heterocycles. The number of benzene rings is 1. The zero-order valence-corrected chi connectivity index (χ0v) is 8.18. The van der Waals surface area contributed by atoms with E-state index in [9.17, 15) is 8.78 Å². The van der Waals surface area contributed by atoms with Crippen molar-refractivity contribution in [3.63, 3.8) is 0 Å². The molecule has 0 amide bonds. The molecule has 0 radical (unpaired) electrons. The maximum Gasteiger partial charge on any atom is 0.267 e. The first-order valence-electron chi connectivity index (χ1n) is 4.29. The number of ether oxygens (including phenoxy) is 1. The van der Waals surface area contributed by atoms with Crippen molar-refractivity contribution in [2.75, 3.05) is 14.2 Å². The number of rotatable bonds is 4. The highest BCUT2D eigenvalue weighted by molar-refractivity contribution is 5.41. The zero-order valence-electron chi connectivity index (χ0n) is 8.18. The molecule has 0 aliphatic heterocycles. The Kier molecular flexibility index (Phi) is 3.83. The fourth-order valence-corrected chi connectivity index (χ4v) is 1.36.